The lowest BCUT2D eigenvalue weighted by Crippen LogP contribution is -2.36. The molecule has 5 nitrogen and oxygen atoms in total. The minimum atomic E-state index is -1.56. The standard InChI is InChI=1S/C8H11NO4/c1-2-3-4-7(11)9-5-6(10)8(12)13/h1,6,10H,3-5H2,(H,9,11)(H,12,13). The lowest BCUT2D eigenvalue weighted by Gasteiger charge is -2.06. The van der Waals surface area contributed by atoms with Crippen molar-refractivity contribution in [2.45, 2.75) is 18.9 Å². The Morgan fingerprint density at radius 1 is 1.54 bits per heavy atom. The highest BCUT2D eigenvalue weighted by Crippen LogP contribution is 1.86. The highest BCUT2D eigenvalue weighted by Gasteiger charge is 2.13. The number of carboxylic acid groups (broad SMARTS) is 1. The van der Waals surface area contributed by atoms with Crippen molar-refractivity contribution in [3.05, 3.63) is 0 Å². The molecule has 0 bridgehead atoms. The van der Waals surface area contributed by atoms with Gasteiger partial charge in [0.2, 0.25) is 5.91 Å². The number of hydrogen-bond donors (Lipinski definition) is 3. The molecule has 72 valence electrons. The number of nitrogens with one attached hydrogen (secondary N) is 1. The molecule has 1 unspecified atom stereocenters. The Kier molecular flexibility index (Phi) is 5.32. The number of aliphatic hydroxyl groups is 1. The molecule has 0 radical (unpaired) electrons. The molecule has 0 aliphatic rings. The number of carbonyl (C=O) groups excluding carboxylic acids is 1. The molecule has 0 fully saturated rings. The van der Waals surface area contributed by atoms with E-state index < -0.39 is 12.1 Å². The van der Waals surface area contributed by atoms with Crippen molar-refractivity contribution in [1.82, 2.24) is 5.32 Å². The van der Waals surface area contributed by atoms with Gasteiger partial charge in [0.15, 0.2) is 6.10 Å². The molecular formula is C8H11NO4. The van der Waals surface area contributed by atoms with Gasteiger partial charge >= 0.3 is 5.97 Å². The molecule has 0 aromatic carbocycles. The summed E-state index contributed by atoms with van der Waals surface area (Å²) in [4.78, 5) is 20.9. The van der Waals surface area contributed by atoms with E-state index in [0.717, 1.165) is 0 Å². The Morgan fingerprint density at radius 3 is 2.62 bits per heavy atom. The van der Waals surface area contributed by atoms with Crippen LogP contribution in [0.25, 0.3) is 0 Å². The van der Waals surface area contributed by atoms with Crippen molar-refractivity contribution >= 4 is 11.9 Å². The number of aliphatic hydroxyl groups excluding tert-OH is 1. The molecule has 0 aromatic heterocycles. The predicted octanol–water partition coefficient (Wildman–Crippen LogP) is -1.04. The second-order valence-corrected chi connectivity index (χ2v) is 2.36. The number of carbonyl (C=O) groups is 2. The van der Waals surface area contributed by atoms with Crippen LogP contribution in [0.3, 0.4) is 0 Å². The summed E-state index contributed by atoms with van der Waals surface area (Å²) in [5.74, 6) is 0.543. The fourth-order valence-corrected chi connectivity index (χ4v) is 0.572. The van der Waals surface area contributed by atoms with Gasteiger partial charge in [-0.3, -0.25) is 4.79 Å². The van der Waals surface area contributed by atoms with Crippen molar-refractivity contribution in [2.24, 2.45) is 0 Å². The van der Waals surface area contributed by atoms with Crippen molar-refractivity contribution < 1.29 is 19.8 Å². The lowest BCUT2D eigenvalue weighted by atomic mass is 10.3. The predicted molar refractivity (Wildman–Crippen MR) is 44.7 cm³/mol. The summed E-state index contributed by atoms with van der Waals surface area (Å²) in [7, 11) is 0. The van der Waals surface area contributed by atoms with E-state index in [9.17, 15) is 9.59 Å². The summed E-state index contributed by atoms with van der Waals surface area (Å²) < 4.78 is 0. The Morgan fingerprint density at radius 2 is 2.15 bits per heavy atom. The topological polar surface area (TPSA) is 86.6 Å². The molecule has 1 atom stereocenters. The van der Waals surface area contributed by atoms with E-state index in [1.54, 1.807) is 0 Å². The van der Waals surface area contributed by atoms with Crippen LogP contribution >= 0.6 is 0 Å². The number of terminal acetylenes is 1. The van der Waals surface area contributed by atoms with E-state index in [4.69, 9.17) is 16.6 Å². The summed E-state index contributed by atoms with van der Waals surface area (Å²) in [5, 5.41) is 19.2. The van der Waals surface area contributed by atoms with Crippen LogP contribution in [0.4, 0.5) is 0 Å². The van der Waals surface area contributed by atoms with Gasteiger partial charge in [0.25, 0.3) is 0 Å². The zero-order valence-corrected chi connectivity index (χ0v) is 6.99. The first-order valence-electron chi connectivity index (χ1n) is 3.69. The van der Waals surface area contributed by atoms with E-state index in [1.165, 1.54) is 0 Å². The van der Waals surface area contributed by atoms with Gasteiger partial charge in [0, 0.05) is 12.8 Å². The molecule has 5 heteroatoms. The highest BCUT2D eigenvalue weighted by molar-refractivity contribution is 5.78. The second kappa shape index (κ2) is 6.03. The molecule has 0 saturated carbocycles. The molecule has 0 heterocycles. The van der Waals surface area contributed by atoms with E-state index in [1.807, 2.05) is 0 Å². The molecule has 0 spiro atoms. The van der Waals surface area contributed by atoms with Gasteiger partial charge in [-0.25, -0.2) is 4.79 Å². The van der Waals surface area contributed by atoms with Crippen LogP contribution in [0.15, 0.2) is 0 Å². The zero-order valence-electron chi connectivity index (χ0n) is 6.99. The molecule has 0 rings (SSSR count). The zero-order chi connectivity index (χ0) is 10.3. The Hall–Kier alpha value is -1.54. The van der Waals surface area contributed by atoms with Gasteiger partial charge < -0.3 is 15.5 Å². The number of carboxylic acids is 1. The van der Waals surface area contributed by atoms with Gasteiger partial charge in [0.05, 0.1) is 6.54 Å². The SMILES string of the molecule is C#CCCC(=O)NCC(O)C(=O)O. The molecule has 0 aliphatic carbocycles. The van der Waals surface area contributed by atoms with Crippen molar-refractivity contribution in [3.63, 3.8) is 0 Å². The first-order valence-corrected chi connectivity index (χ1v) is 3.69. The number of hydrogen-bond acceptors (Lipinski definition) is 3. The Balaban J connectivity index is 3.59. The van der Waals surface area contributed by atoms with Crippen molar-refractivity contribution in [2.75, 3.05) is 6.54 Å². The maximum atomic E-state index is 10.8. The third-order valence-electron chi connectivity index (χ3n) is 1.27. The highest BCUT2D eigenvalue weighted by atomic mass is 16.4. The van der Waals surface area contributed by atoms with Crippen molar-refractivity contribution in [1.29, 1.82) is 0 Å². The first-order chi connectivity index (χ1) is 6.07. The van der Waals surface area contributed by atoms with Gasteiger partial charge in [-0.15, -0.1) is 12.3 Å². The monoisotopic (exact) mass is 185 g/mol. The van der Waals surface area contributed by atoms with E-state index in [0.29, 0.717) is 6.42 Å². The molecular weight excluding hydrogens is 174 g/mol. The van der Waals surface area contributed by atoms with Crippen LogP contribution in [0.1, 0.15) is 12.8 Å². The van der Waals surface area contributed by atoms with Crippen LogP contribution < -0.4 is 5.32 Å². The third kappa shape index (κ3) is 5.70. The second-order valence-electron chi connectivity index (χ2n) is 2.36. The van der Waals surface area contributed by atoms with Crippen LogP contribution in [-0.2, 0) is 9.59 Å². The maximum Gasteiger partial charge on any atom is 0.334 e. The van der Waals surface area contributed by atoms with Crippen LogP contribution in [-0.4, -0.2) is 34.7 Å². The van der Waals surface area contributed by atoms with Gasteiger partial charge in [-0.05, 0) is 0 Å². The lowest BCUT2D eigenvalue weighted by molar-refractivity contribution is -0.146. The summed E-state index contributed by atoms with van der Waals surface area (Å²) in [6, 6.07) is 0. The molecule has 0 aromatic rings. The molecule has 0 aliphatic heterocycles. The van der Waals surface area contributed by atoms with E-state index >= 15 is 0 Å². The van der Waals surface area contributed by atoms with Gasteiger partial charge in [-0.2, -0.15) is 0 Å². The quantitative estimate of drug-likeness (QED) is 0.477. The summed E-state index contributed by atoms with van der Waals surface area (Å²) in [5.41, 5.74) is 0. The number of amides is 1. The summed E-state index contributed by atoms with van der Waals surface area (Å²) in [6.45, 7) is -0.293. The van der Waals surface area contributed by atoms with E-state index in [-0.39, 0.29) is 18.9 Å². The molecule has 1 amide bonds. The fourth-order valence-electron chi connectivity index (χ4n) is 0.572. The normalized spacial score (nSPS) is 11.4. The van der Waals surface area contributed by atoms with Gasteiger partial charge in [0.1, 0.15) is 0 Å². The van der Waals surface area contributed by atoms with Crippen LogP contribution in [0.5, 0.6) is 0 Å². The molecule has 0 saturated heterocycles. The average Bonchev–Trinajstić information content (AvgIpc) is 2.10. The number of rotatable bonds is 5. The molecule has 13 heavy (non-hydrogen) atoms. The third-order valence-corrected chi connectivity index (χ3v) is 1.27. The summed E-state index contributed by atoms with van der Waals surface area (Å²) >= 11 is 0. The smallest absolute Gasteiger partial charge is 0.334 e. The minimum Gasteiger partial charge on any atom is -0.479 e. The molecule has 3 N–H and O–H groups in total. The minimum absolute atomic E-state index is 0.142. The fraction of sp³-hybridized carbons (Fsp3) is 0.500. The largest absolute Gasteiger partial charge is 0.479 e. The maximum absolute atomic E-state index is 10.8. The van der Waals surface area contributed by atoms with Crippen LogP contribution in [0, 0.1) is 12.3 Å². The van der Waals surface area contributed by atoms with Crippen LogP contribution in [0.2, 0.25) is 0 Å². The Bertz CT molecular complexity index is 231. The summed E-state index contributed by atoms with van der Waals surface area (Å²) in [6.07, 6.45) is 3.79. The van der Waals surface area contributed by atoms with Crippen molar-refractivity contribution in [3.8, 4) is 12.3 Å². The number of aliphatic carboxylic acids is 1. The Labute approximate surface area is 75.8 Å². The first kappa shape index (κ1) is 11.5. The van der Waals surface area contributed by atoms with E-state index in [2.05, 4.69) is 11.2 Å². The average molecular weight is 185 g/mol. The van der Waals surface area contributed by atoms with Gasteiger partial charge in [-0.1, -0.05) is 0 Å².